The highest BCUT2D eigenvalue weighted by Gasteiger charge is 2.30. The van der Waals surface area contributed by atoms with Gasteiger partial charge in [-0.3, -0.25) is 4.79 Å². The lowest BCUT2D eigenvalue weighted by atomic mass is 10.1. The Morgan fingerprint density at radius 2 is 1.77 bits per heavy atom. The molecule has 3 aromatic rings. The molecule has 1 aromatic heterocycles. The van der Waals surface area contributed by atoms with E-state index in [1.165, 1.54) is 16.8 Å². The van der Waals surface area contributed by atoms with Crippen LogP contribution in [0.25, 0.3) is 17.1 Å². The van der Waals surface area contributed by atoms with Crippen LogP contribution in [0.5, 0.6) is 6.01 Å². The SMILES string of the molecule is CC(C)Oc1nc(-c2ccc(C(F)(F)F)cc2)n(-c2ccc(NC(=O)CCCl)cc2)n1. The fraction of sp³-hybridized carbons (Fsp3) is 0.286. The van der Waals surface area contributed by atoms with Gasteiger partial charge in [-0.2, -0.15) is 18.2 Å². The number of rotatable bonds is 7. The van der Waals surface area contributed by atoms with Crippen molar-refractivity contribution in [3.8, 4) is 23.1 Å². The van der Waals surface area contributed by atoms with Crippen molar-refractivity contribution >= 4 is 23.2 Å². The zero-order valence-electron chi connectivity index (χ0n) is 16.8. The third-order valence-corrected chi connectivity index (χ3v) is 4.31. The van der Waals surface area contributed by atoms with Gasteiger partial charge in [0.15, 0.2) is 5.82 Å². The number of aromatic nitrogens is 3. The van der Waals surface area contributed by atoms with Crippen molar-refractivity contribution in [3.63, 3.8) is 0 Å². The molecular formula is C21H20ClF3N4O2. The first-order valence-corrected chi connectivity index (χ1v) is 9.98. The molecule has 0 unspecified atom stereocenters. The van der Waals surface area contributed by atoms with E-state index >= 15 is 0 Å². The molecule has 0 atom stereocenters. The Labute approximate surface area is 182 Å². The molecule has 1 amide bonds. The van der Waals surface area contributed by atoms with Crippen molar-refractivity contribution in [1.82, 2.24) is 14.8 Å². The normalized spacial score (nSPS) is 11.6. The van der Waals surface area contributed by atoms with Gasteiger partial charge in [0.05, 0.1) is 17.4 Å². The minimum atomic E-state index is -4.43. The van der Waals surface area contributed by atoms with E-state index < -0.39 is 11.7 Å². The van der Waals surface area contributed by atoms with Crippen LogP contribution in [0.15, 0.2) is 48.5 Å². The first-order chi connectivity index (χ1) is 14.7. The minimum absolute atomic E-state index is 0.101. The highest BCUT2D eigenvalue weighted by Crippen LogP contribution is 2.31. The van der Waals surface area contributed by atoms with E-state index in [9.17, 15) is 18.0 Å². The summed E-state index contributed by atoms with van der Waals surface area (Å²) in [6.45, 7) is 3.63. The third kappa shape index (κ3) is 5.75. The summed E-state index contributed by atoms with van der Waals surface area (Å²) in [5.41, 5.74) is 0.863. The van der Waals surface area contributed by atoms with E-state index in [4.69, 9.17) is 16.3 Å². The van der Waals surface area contributed by atoms with Gasteiger partial charge in [-0.15, -0.1) is 16.7 Å². The maximum Gasteiger partial charge on any atom is 0.416 e. The molecular weight excluding hydrogens is 433 g/mol. The van der Waals surface area contributed by atoms with Crippen LogP contribution in [0.1, 0.15) is 25.8 Å². The molecule has 164 valence electrons. The summed E-state index contributed by atoms with van der Waals surface area (Å²) >= 11 is 5.56. The maximum atomic E-state index is 12.9. The highest BCUT2D eigenvalue weighted by atomic mass is 35.5. The van der Waals surface area contributed by atoms with Crippen LogP contribution >= 0.6 is 11.6 Å². The number of amides is 1. The number of carbonyl (C=O) groups is 1. The number of carbonyl (C=O) groups excluding carboxylic acids is 1. The lowest BCUT2D eigenvalue weighted by Crippen LogP contribution is -2.11. The number of benzene rings is 2. The number of hydrogen-bond acceptors (Lipinski definition) is 4. The Morgan fingerprint density at radius 1 is 1.13 bits per heavy atom. The maximum absolute atomic E-state index is 12.9. The second-order valence-electron chi connectivity index (χ2n) is 6.91. The van der Waals surface area contributed by atoms with E-state index in [0.717, 1.165) is 12.1 Å². The van der Waals surface area contributed by atoms with Crippen molar-refractivity contribution in [3.05, 3.63) is 54.1 Å². The quantitative estimate of drug-likeness (QED) is 0.493. The van der Waals surface area contributed by atoms with Crippen molar-refractivity contribution in [1.29, 1.82) is 0 Å². The number of nitrogens with zero attached hydrogens (tertiary/aromatic N) is 3. The predicted octanol–water partition coefficient (Wildman–Crippen LogP) is 5.31. The summed E-state index contributed by atoms with van der Waals surface area (Å²) in [6.07, 6.45) is -4.42. The van der Waals surface area contributed by atoms with Crippen LogP contribution in [0.4, 0.5) is 18.9 Å². The molecule has 0 bridgehead atoms. The van der Waals surface area contributed by atoms with E-state index in [1.54, 1.807) is 24.3 Å². The van der Waals surface area contributed by atoms with Crippen LogP contribution in [-0.2, 0) is 11.0 Å². The van der Waals surface area contributed by atoms with Crippen LogP contribution in [0.3, 0.4) is 0 Å². The molecule has 10 heteroatoms. The van der Waals surface area contributed by atoms with Gasteiger partial charge >= 0.3 is 12.2 Å². The molecule has 0 aliphatic heterocycles. The van der Waals surface area contributed by atoms with Gasteiger partial charge < -0.3 is 10.1 Å². The monoisotopic (exact) mass is 452 g/mol. The van der Waals surface area contributed by atoms with Gasteiger partial charge in [-0.05, 0) is 50.2 Å². The largest absolute Gasteiger partial charge is 0.460 e. The molecule has 1 N–H and O–H groups in total. The van der Waals surface area contributed by atoms with Crippen molar-refractivity contribution < 1.29 is 22.7 Å². The zero-order chi connectivity index (χ0) is 22.6. The predicted molar refractivity (Wildman–Crippen MR) is 112 cm³/mol. The molecule has 0 saturated carbocycles. The minimum Gasteiger partial charge on any atom is -0.460 e. The highest BCUT2D eigenvalue weighted by molar-refractivity contribution is 6.19. The van der Waals surface area contributed by atoms with Crippen LogP contribution in [0.2, 0.25) is 0 Å². The number of alkyl halides is 4. The second-order valence-corrected chi connectivity index (χ2v) is 7.28. The summed E-state index contributed by atoms with van der Waals surface area (Å²) in [5.74, 6) is 0.336. The molecule has 31 heavy (non-hydrogen) atoms. The second kappa shape index (κ2) is 9.38. The molecule has 0 aliphatic carbocycles. The summed E-state index contributed by atoms with van der Waals surface area (Å²) in [7, 11) is 0. The van der Waals surface area contributed by atoms with Crippen LogP contribution in [-0.4, -0.2) is 32.7 Å². The molecule has 0 radical (unpaired) electrons. The molecule has 0 aliphatic rings. The zero-order valence-corrected chi connectivity index (χ0v) is 17.5. The Kier molecular flexibility index (Phi) is 6.84. The molecule has 6 nitrogen and oxygen atoms in total. The Hall–Kier alpha value is -3.07. The molecule has 2 aromatic carbocycles. The lowest BCUT2D eigenvalue weighted by molar-refractivity contribution is -0.137. The van der Waals surface area contributed by atoms with Gasteiger partial charge in [0.25, 0.3) is 0 Å². The lowest BCUT2D eigenvalue weighted by Gasteiger charge is -2.09. The third-order valence-electron chi connectivity index (χ3n) is 4.12. The van der Waals surface area contributed by atoms with Gasteiger partial charge in [0, 0.05) is 23.6 Å². The molecule has 0 saturated heterocycles. The molecule has 3 rings (SSSR count). The smallest absolute Gasteiger partial charge is 0.416 e. The van der Waals surface area contributed by atoms with Crippen molar-refractivity contribution in [2.24, 2.45) is 0 Å². The van der Waals surface area contributed by atoms with Gasteiger partial charge in [-0.25, -0.2) is 4.68 Å². The number of hydrogen-bond donors (Lipinski definition) is 1. The van der Waals surface area contributed by atoms with Crippen LogP contribution < -0.4 is 10.1 Å². The fourth-order valence-electron chi connectivity index (χ4n) is 2.72. The van der Waals surface area contributed by atoms with E-state index in [-0.39, 0.29) is 30.3 Å². The van der Waals surface area contributed by atoms with E-state index in [1.807, 2.05) is 13.8 Å². The van der Waals surface area contributed by atoms with E-state index in [2.05, 4.69) is 15.4 Å². The summed E-state index contributed by atoms with van der Waals surface area (Å²) in [4.78, 5) is 16.0. The Bertz CT molecular complexity index is 1030. The molecule has 1 heterocycles. The number of nitrogens with one attached hydrogen (secondary N) is 1. The van der Waals surface area contributed by atoms with Crippen molar-refractivity contribution in [2.45, 2.75) is 32.5 Å². The van der Waals surface area contributed by atoms with Gasteiger partial charge in [0.2, 0.25) is 5.91 Å². The number of anilines is 1. The average molecular weight is 453 g/mol. The average Bonchev–Trinajstić information content (AvgIpc) is 3.11. The molecule has 0 spiro atoms. The van der Waals surface area contributed by atoms with Crippen LogP contribution in [0, 0.1) is 0 Å². The Balaban J connectivity index is 1.95. The number of halogens is 4. The topological polar surface area (TPSA) is 69.0 Å². The van der Waals surface area contributed by atoms with Gasteiger partial charge in [-0.1, -0.05) is 12.1 Å². The molecule has 0 fully saturated rings. The first kappa shape index (κ1) is 22.6. The first-order valence-electron chi connectivity index (χ1n) is 9.45. The summed E-state index contributed by atoms with van der Waals surface area (Å²) < 4.78 is 45.7. The number of ether oxygens (including phenoxy) is 1. The van der Waals surface area contributed by atoms with E-state index in [0.29, 0.717) is 22.8 Å². The summed E-state index contributed by atoms with van der Waals surface area (Å²) in [5, 5.41) is 7.06. The van der Waals surface area contributed by atoms with Gasteiger partial charge in [0.1, 0.15) is 0 Å². The standard InChI is InChI=1S/C21H20ClF3N4O2/c1-13(2)31-20-27-19(14-3-5-15(6-4-14)21(23,24)25)29(28-20)17-9-7-16(8-10-17)26-18(30)11-12-22/h3-10,13H,11-12H2,1-2H3,(H,26,30). The van der Waals surface area contributed by atoms with Crippen molar-refractivity contribution in [2.75, 3.05) is 11.2 Å². The Morgan fingerprint density at radius 3 is 2.32 bits per heavy atom. The summed E-state index contributed by atoms with van der Waals surface area (Å²) in [6, 6.07) is 11.5. The fourth-order valence-corrected chi connectivity index (χ4v) is 2.90.